The number of anilines is 1. The van der Waals surface area contributed by atoms with Gasteiger partial charge in [0.25, 0.3) is 5.88 Å². The first-order valence-electron chi connectivity index (χ1n) is 8.48. The fraction of sp³-hybridized carbons (Fsp3) is 0.333. The fourth-order valence-corrected chi connectivity index (χ4v) is 2.81. The summed E-state index contributed by atoms with van der Waals surface area (Å²) in [7, 11) is 0. The summed E-state index contributed by atoms with van der Waals surface area (Å²) in [5, 5.41) is 11.6. The van der Waals surface area contributed by atoms with E-state index in [1.54, 1.807) is 0 Å². The lowest BCUT2D eigenvalue weighted by atomic mass is 10.1. The van der Waals surface area contributed by atoms with Gasteiger partial charge in [0.1, 0.15) is 12.2 Å². The highest BCUT2D eigenvalue weighted by molar-refractivity contribution is 5.89. The molecule has 1 aliphatic rings. The van der Waals surface area contributed by atoms with Crippen molar-refractivity contribution in [3.63, 3.8) is 0 Å². The third-order valence-corrected chi connectivity index (χ3v) is 4.18. The lowest BCUT2D eigenvalue weighted by Crippen LogP contribution is -2.46. The van der Waals surface area contributed by atoms with Crippen LogP contribution in [0.25, 0.3) is 0 Å². The first-order valence-corrected chi connectivity index (χ1v) is 8.48. The van der Waals surface area contributed by atoms with Gasteiger partial charge in [0.15, 0.2) is 0 Å². The Morgan fingerprint density at radius 3 is 2.64 bits per heavy atom. The molecule has 1 aliphatic heterocycles. The molecule has 146 valence electrons. The van der Waals surface area contributed by atoms with Crippen molar-refractivity contribution in [3.8, 4) is 11.9 Å². The van der Waals surface area contributed by atoms with E-state index in [4.69, 9.17) is 10.00 Å². The molecular formula is C18H16F3N5O2. The van der Waals surface area contributed by atoms with E-state index >= 15 is 0 Å². The van der Waals surface area contributed by atoms with Crippen LogP contribution in [0.5, 0.6) is 5.88 Å². The summed E-state index contributed by atoms with van der Waals surface area (Å²) in [6, 6.07) is 5.69. The number of aromatic nitrogens is 2. The Kier molecular flexibility index (Phi) is 5.63. The number of hydrogen-bond donors (Lipinski definition) is 1. The van der Waals surface area contributed by atoms with Crippen LogP contribution in [-0.4, -0.2) is 40.1 Å². The largest absolute Gasteiger partial charge is 0.470 e. The van der Waals surface area contributed by atoms with Crippen molar-refractivity contribution >= 4 is 11.7 Å². The number of carbonyl (C=O) groups excluding carboxylic acids is 1. The maximum atomic E-state index is 12.6. The van der Waals surface area contributed by atoms with Crippen molar-refractivity contribution in [2.45, 2.75) is 25.1 Å². The average Bonchev–Trinajstić information content (AvgIpc) is 2.68. The molecule has 1 unspecified atom stereocenters. The minimum absolute atomic E-state index is 0.0637. The van der Waals surface area contributed by atoms with E-state index in [0.717, 1.165) is 12.1 Å². The first kappa shape index (κ1) is 19.4. The number of benzene rings is 1. The number of halogens is 3. The van der Waals surface area contributed by atoms with Gasteiger partial charge in [0, 0.05) is 24.6 Å². The van der Waals surface area contributed by atoms with Crippen LogP contribution in [0, 0.1) is 11.3 Å². The maximum Gasteiger partial charge on any atom is 0.416 e. The van der Waals surface area contributed by atoms with Crippen LogP contribution in [0.4, 0.5) is 23.7 Å². The zero-order valence-corrected chi connectivity index (χ0v) is 14.6. The van der Waals surface area contributed by atoms with Crippen LogP contribution in [0.2, 0.25) is 0 Å². The van der Waals surface area contributed by atoms with Gasteiger partial charge in [-0.15, -0.1) is 0 Å². The monoisotopic (exact) mass is 391 g/mol. The molecule has 1 saturated heterocycles. The van der Waals surface area contributed by atoms with Gasteiger partial charge in [-0.2, -0.15) is 18.4 Å². The number of amides is 2. The molecule has 3 rings (SSSR count). The number of rotatable bonds is 3. The number of likely N-dealkylation sites (tertiary alicyclic amines) is 1. The normalized spacial score (nSPS) is 16.9. The van der Waals surface area contributed by atoms with Gasteiger partial charge >= 0.3 is 12.2 Å². The number of ether oxygens (including phenoxy) is 1. The van der Waals surface area contributed by atoms with E-state index in [2.05, 4.69) is 15.3 Å². The van der Waals surface area contributed by atoms with Crippen LogP contribution >= 0.6 is 0 Å². The minimum Gasteiger partial charge on any atom is -0.470 e. The second-order valence-electron chi connectivity index (χ2n) is 6.16. The summed E-state index contributed by atoms with van der Waals surface area (Å²) in [5.41, 5.74) is -0.454. The Morgan fingerprint density at radius 2 is 1.96 bits per heavy atom. The summed E-state index contributed by atoms with van der Waals surface area (Å²) < 4.78 is 43.5. The summed E-state index contributed by atoms with van der Waals surface area (Å²) >= 11 is 0. The fourth-order valence-electron chi connectivity index (χ4n) is 2.81. The summed E-state index contributed by atoms with van der Waals surface area (Å²) in [5.74, 6) is 0.111. The molecule has 0 aliphatic carbocycles. The second kappa shape index (κ2) is 8.12. The minimum atomic E-state index is -4.43. The van der Waals surface area contributed by atoms with Gasteiger partial charge < -0.3 is 15.0 Å². The maximum absolute atomic E-state index is 12.6. The third-order valence-electron chi connectivity index (χ3n) is 4.18. The highest BCUT2D eigenvalue weighted by Gasteiger charge is 2.30. The molecule has 10 heteroatoms. The zero-order chi connectivity index (χ0) is 20.1. The number of hydrogen-bond acceptors (Lipinski definition) is 5. The van der Waals surface area contributed by atoms with Gasteiger partial charge in [-0.25, -0.2) is 14.8 Å². The average molecular weight is 391 g/mol. The number of urea groups is 1. The molecule has 2 aromatic rings. The number of piperidine rings is 1. The van der Waals surface area contributed by atoms with Crippen molar-refractivity contribution in [1.82, 2.24) is 14.9 Å². The Morgan fingerprint density at radius 1 is 1.25 bits per heavy atom. The molecule has 1 N–H and O–H groups in total. The summed E-state index contributed by atoms with van der Waals surface area (Å²) in [6.07, 6.45) is -0.651. The standard InChI is InChI=1S/C18H16F3N5O2/c19-18(20,21)12-3-5-13(6-4-12)25-17(27)26-9-1-2-14(11-26)28-16-15(10-22)23-7-8-24-16/h3-8,14H,1-2,9,11H2,(H,25,27). The molecule has 1 fully saturated rings. The van der Waals surface area contributed by atoms with Crippen LogP contribution in [0.15, 0.2) is 36.7 Å². The topological polar surface area (TPSA) is 91.1 Å². The predicted molar refractivity (Wildman–Crippen MR) is 92.4 cm³/mol. The SMILES string of the molecule is N#Cc1nccnc1OC1CCCN(C(=O)Nc2ccc(C(F)(F)F)cc2)C1. The van der Waals surface area contributed by atoms with Gasteiger partial charge in [0.2, 0.25) is 5.69 Å². The van der Waals surface area contributed by atoms with Crippen LogP contribution in [0.1, 0.15) is 24.1 Å². The van der Waals surface area contributed by atoms with E-state index in [-0.39, 0.29) is 29.9 Å². The van der Waals surface area contributed by atoms with Gasteiger partial charge in [-0.1, -0.05) is 0 Å². The molecule has 1 atom stereocenters. The Bertz CT molecular complexity index is 880. The van der Waals surface area contributed by atoms with Crippen molar-refractivity contribution in [2.75, 3.05) is 18.4 Å². The number of alkyl halides is 3. The zero-order valence-electron chi connectivity index (χ0n) is 14.6. The molecule has 0 saturated carbocycles. The van der Waals surface area contributed by atoms with Gasteiger partial charge in [-0.05, 0) is 37.1 Å². The summed E-state index contributed by atoms with van der Waals surface area (Å²) in [6.45, 7) is 0.742. The number of carbonyl (C=O) groups is 1. The van der Waals surface area contributed by atoms with Crippen LogP contribution in [-0.2, 0) is 6.18 Å². The Balaban J connectivity index is 1.61. The molecule has 2 heterocycles. The van der Waals surface area contributed by atoms with E-state index in [0.29, 0.717) is 19.4 Å². The summed E-state index contributed by atoms with van der Waals surface area (Å²) in [4.78, 5) is 21.8. The van der Waals surface area contributed by atoms with Gasteiger partial charge in [0.05, 0.1) is 12.1 Å². The molecule has 0 spiro atoms. The molecule has 0 radical (unpaired) electrons. The van der Waals surface area contributed by atoms with Crippen molar-refractivity contribution in [3.05, 3.63) is 47.9 Å². The first-order chi connectivity index (χ1) is 13.4. The predicted octanol–water partition coefficient (Wildman–Crippen LogP) is 3.44. The Labute approximate surface area is 158 Å². The quantitative estimate of drug-likeness (QED) is 0.866. The van der Waals surface area contributed by atoms with Crippen LogP contribution < -0.4 is 10.1 Å². The third kappa shape index (κ3) is 4.68. The van der Waals surface area contributed by atoms with Gasteiger partial charge in [-0.3, -0.25) is 0 Å². The molecule has 0 bridgehead atoms. The molecule has 1 aromatic heterocycles. The second-order valence-corrected chi connectivity index (χ2v) is 6.16. The molecular weight excluding hydrogens is 375 g/mol. The van der Waals surface area contributed by atoms with Crippen molar-refractivity contribution in [1.29, 1.82) is 5.26 Å². The molecule has 1 aromatic carbocycles. The van der Waals surface area contributed by atoms with E-state index in [9.17, 15) is 18.0 Å². The molecule has 7 nitrogen and oxygen atoms in total. The van der Waals surface area contributed by atoms with E-state index in [1.807, 2.05) is 6.07 Å². The number of nitrogens with zero attached hydrogens (tertiary/aromatic N) is 4. The van der Waals surface area contributed by atoms with E-state index in [1.165, 1.54) is 29.4 Å². The smallest absolute Gasteiger partial charge is 0.416 e. The van der Waals surface area contributed by atoms with Crippen molar-refractivity contribution < 1.29 is 22.7 Å². The lowest BCUT2D eigenvalue weighted by molar-refractivity contribution is -0.137. The van der Waals surface area contributed by atoms with E-state index < -0.39 is 17.8 Å². The Hall–Kier alpha value is -3.35. The van der Waals surface area contributed by atoms with Crippen molar-refractivity contribution in [2.24, 2.45) is 0 Å². The highest BCUT2D eigenvalue weighted by atomic mass is 19.4. The lowest BCUT2D eigenvalue weighted by Gasteiger charge is -2.32. The molecule has 2 amide bonds. The number of nitriles is 1. The van der Waals surface area contributed by atoms with Crippen LogP contribution in [0.3, 0.4) is 0 Å². The molecule has 28 heavy (non-hydrogen) atoms. The number of nitrogens with one attached hydrogen (secondary N) is 1. The highest BCUT2D eigenvalue weighted by Crippen LogP contribution is 2.30.